The Morgan fingerprint density at radius 2 is 1.86 bits per heavy atom. The van der Waals surface area contributed by atoms with Gasteiger partial charge in [-0.1, -0.05) is 6.07 Å². The molecule has 0 saturated carbocycles. The molecule has 7 nitrogen and oxygen atoms in total. The highest BCUT2D eigenvalue weighted by Crippen LogP contribution is 2.32. The number of Topliss-reactive ketones (excluding diaryl/α,β-unsaturated/α-hetero) is 1. The van der Waals surface area contributed by atoms with Gasteiger partial charge in [-0.3, -0.25) is 14.4 Å². The van der Waals surface area contributed by atoms with E-state index < -0.39 is 5.97 Å². The Balaban J connectivity index is 1.61. The molecule has 7 heteroatoms. The maximum absolute atomic E-state index is 12.4. The highest BCUT2D eigenvalue weighted by Gasteiger charge is 2.27. The molecule has 0 radical (unpaired) electrons. The third kappa shape index (κ3) is 3.98. The molecule has 1 amide bonds. The Labute approximate surface area is 162 Å². The normalized spacial score (nSPS) is 14.8. The van der Waals surface area contributed by atoms with E-state index in [0.29, 0.717) is 28.3 Å². The number of anilines is 1. The van der Waals surface area contributed by atoms with Crippen molar-refractivity contribution < 1.29 is 28.6 Å². The smallest absolute Gasteiger partial charge is 0.310 e. The number of ketones is 1. The van der Waals surface area contributed by atoms with Crippen LogP contribution in [-0.4, -0.2) is 38.5 Å². The topological polar surface area (TPSA) is 90.9 Å². The molecule has 0 bridgehead atoms. The van der Waals surface area contributed by atoms with Crippen molar-refractivity contribution in [1.29, 1.82) is 0 Å². The first-order chi connectivity index (χ1) is 13.4. The number of methoxy groups -OCH3 is 2. The summed E-state index contributed by atoms with van der Waals surface area (Å²) in [5.74, 6) is -0.157. The molecule has 0 aliphatic carbocycles. The average molecular weight is 383 g/mol. The Kier molecular flexibility index (Phi) is 5.63. The minimum Gasteiger partial charge on any atom is -0.497 e. The highest BCUT2D eigenvalue weighted by atomic mass is 16.5. The molecule has 1 N–H and O–H groups in total. The van der Waals surface area contributed by atoms with E-state index in [9.17, 15) is 14.4 Å². The van der Waals surface area contributed by atoms with E-state index in [0.717, 1.165) is 5.56 Å². The molecule has 2 aromatic carbocycles. The summed E-state index contributed by atoms with van der Waals surface area (Å²) in [6.45, 7) is 1.41. The van der Waals surface area contributed by atoms with Crippen LogP contribution in [0.3, 0.4) is 0 Å². The van der Waals surface area contributed by atoms with E-state index in [4.69, 9.17) is 14.2 Å². The van der Waals surface area contributed by atoms with Crippen LogP contribution in [-0.2, 0) is 20.7 Å². The summed E-state index contributed by atoms with van der Waals surface area (Å²) in [7, 11) is 3.04. The molecule has 146 valence electrons. The number of fused-ring (bicyclic) bond motifs is 1. The summed E-state index contributed by atoms with van der Waals surface area (Å²) in [6, 6.07) is 10.1. The maximum Gasteiger partial charge on any atom is 0.310 e. The first-order valence-electron chi connectivity index (χ1n) is 8.77. The van der Waals surface area contributed by atoms with Crippen molar-refractivity contribution in [2.75, 3.05) is 26.1 Å². The second-order valence-electron chi connectivity index (χ2n) is 6.45. The van der Waals surface area contributed by atoms with Crippen molar-refractivity contribution in [3.8, 4) is 11.5 Å². The highest BCUT2D eigenvalue weighted by molar-refractivity contribution is 6.05. The molecule has 0 aromatic heterocycles. The fourth-order valence-electron chi connectivity index (χ4n) is 3.02. The summed E-state index contributed by atoms with van der Waals surface area (Å²) in [5.41, 5.74) is 2.51. The van der Waals surface area contributed by atoms with Gasteiger partial charge in [0.25, 0.3) is 0 Å². The Morgan fingerprint density at radius 3 is 2.57 bits per heavy atom. The van der Waals surface area contributed by atoms with Gasteiger partial charge in [0.1, 0.15) is 11.5 Å². The van der Waals surface area contributed by atoms with Gasteiger partial charge in [-0.05, 0) is 36.8 Å². The first-order valence-corrected chi connectivity index (χ1v) is 8.77. The molecule has 28 heavy (non-hydrogen) atoms. The van der Waals surface area contributed by atoms with Gasteiger partial charge in [0.05, 0.1) is 26.6 Å². The molecule has 1 aliphatic heterocycles. The molecule has 0 saturated heterocycles. The van der Waals surface area contributed by atoms with E-state index >= 15 is 0 Å². The zero-order valence-corrected chi connectivity index (χ0v) is 15.9. The standard InChI is InChI=1S/C21H21NO6/c1-12-16-8-13(5-7-17(16)22-21(12)25)18(23)11-28-20(24)9-14-4-6-15(26-2)10-19(14)27-3/h4-8,10,12H,9,11H2,1-3H3,(H,22,25)/t12-/m1/s1. The average Bonchev–Trinajstić information content (AvgIpc) is 2.99. The van der Waals surface area contributed by atoms with Gasteiger partial charge in [0, 0.05) is 22.9 Å². The SMILES string of the molecule is COc1ccc(CC(=O)OCC(=O)c2ccc3c(c2)[C@@H](C)C(=O)N3)c(OC)c1. The lowest BCUT2D eigenvalue weighted by atomic mass is 9.99. The van der Waals surface area contributed by atoms with E-state index in [-0.39, 0.29) is 30.6 Å². The van der Waals surface area contributed by atoms with Crippen molar-refractivity contribution in [3.05, 3.63) is 53.1 Å². The number of ether oxygens (including phenoxy) is 3. The summed E-state index contributed by atoms with van der Waals surface area (Å²) < 4.78 is 15.5. The number of amides is 1. The number of hydrogen-bond donors (Lipinski definition) is 1. The third-order valence-electron chi connectivity index (χ3n) is 4.68. The van der Waals surface area contributed by atoms with Crippen molar-refractivity contribution in [1.82, 2.24) is 0 Å². The molecular formula is C21H21NO6. The van der Waals surface area contributed by atoms with Crippen LogP contribution in [0.15, 0.2) is 36.4 Å². The predicted molar refractivity (Wildman–Crippen MR) is 102 cm³/mol. The second-order valence-corrected chi connectivity index (χ2v) is 6.45. The van der Waals surface area contributed by atoms with Crippen LogP contribution in [0.25, 0.3) is 0 Å². The molecule has 0 unspecified atom stereocenters. The molecule has 2 aromatic rings. The van der Waals surface area contributed by atoms with Crippen LogP contribution in [0.1, 0.15) is 34.3 Å². The molecule has 3 rings (SSSR count). The molecule has 0 spiro atoms. The number of benzene rings is 2. The predicted octanol–water partition coefficient (Wildman–Crippen LogP) is 2.73. The van der Waals surface area contributed by atoms with E-state index in [1.807, 2.05) is 0 Å². The van der Waals surface area contributed by atoms with E-state index in [2.05, 4.69) is 5.32 Å². The largest absolute Gasteiger partial charge is 0.497 e. The monoisotopic (exact) mass is 383 g/mol. The molecule has 1 aliphatic rings. The van der Waals surface area contributed by atoms with Gasteiger partial charge in [-0.25, -0.2) is 0 Å². The summed E-state index contributed by atoms with van der Waals surface area (Å²) >= 11 is 0. The van der Waals surface area contributed by atoms with Gasteiger partial charge < -0.3 is 19.5 Å². The van der Waals surface area contributed by atoms with E-state index in [1.165, 1.54) is 7.11 Å². The lowest BCUT2D eigenvalue weighted by molar-refractivity contribution is -0.141. The Hall–Kier alpha value is -3.35. The lowest BCUT2D eigenvalue weighted by Crippen LogP contribution is -2.16. The van der Waals surface area contributed by atoms with Crippen LogP contribution in [0.5, 0.6) is 11.5 Å². The van der Waals surface area contributed by atoms with Gasteiger partial charge >= 0.3 is 5.97 Å². The van der Waals surface area contributed by atoms with Gasteiger partial charge in [-0.2, -0.15) is 0 Å². The second kappa shape index (κ2) is 8.12. The number of carbonyl (C=O) groups excluding carboxylic acids is 3. The minimum absolute atomic E-state index is 0.0277. The van der Waals surface area contributed by atoms with Crippen LogP contribution in [0, 0.1) is 0 Å². The number of esters is 1. The summed E-state index contributed by atoms with van der Waals surface area (Å²) in [6.07, 6.45) is -0.0277. The third-order valence-corrected chi connectivity index (χ3v) is 4.68. The molecule has 0 fully saturated rings. The van der Waals surface area contributed by atoms with Crippen molar-refractivity contribution >= 4 is 23.3 Å². The molecular weight excluding hydrogens is 362 g/mol. The summed E-state index contributed by atoms with van der Waals surface area (Å²) in [5, 5.41) is 2.75. The fraction of sp³-hybridized carbons (Fsp3) is 0.286. The molecule has 1 heterocycles. The Morgan fingerprint density at radius 1 is 1.07 bits per heavy atom. The minimum atomic E-state index is -0.539. The number of carbonyl (C=O) groups is 3. The fourth-order valence-corrected chi connectivity index (χ4v) is 3.02. The van der Waals surface area contributed by atoms with Crippen LogP contribution >= 0.6 is 0 Å². The number of hydrogen-bond acceptors (Lipinski definition) is 6. The summed E-state index contributed by atoms with van der Waals surface area (Å²) in [4.78, 5) is 36.2. The molecule has 1 atom stereocenters. The van der Waals surface area contributed by atoms with Gasteiger partial charge in [-0.15, -0.1) is 0 Å². The van der Waals surface area contributed by atoms with Crippen molar-refractivity contribution in [2.45, 2.75) is 19.3 Å². The van der Waals surface area contributed by atoms with Crippen molar-refractivity contribution in [3.63, 3.8) is 0 Å². The maximum atomic E-state index is 12.4. The number of nitrogens with one attached hydrogen (secondary N) is 1. The Bertz CT molecular complexity index is 936. The van der Waals surface area contributed by atoms with Gasteiger partial charge in [0.2, 0.25) is 5.91 Å². The zero-order valence-electron chi connectivity index (χ0n) is 15.9. The number of rotatable bonds is 7. The van der Waals surface area contributed by atoms with Gasteiger partial charge in [0.15, 0.2) is 12.4 Å². The first kappa shape index (κ1) is 19.4. The quantitative estimate of drug-likeness (QED) is 0.584. The van der Waals surface area contributed by atoms with Crippen molar-refractivity contribution in [2.24, 2.45) is 0 Å². The van der Waals surface area contributed by atoms with Crippen LogP contribution < -0.4 is 14.8 Å². The zero-order chi connectivity index (χ0) is 20.3. The lowest BCUT2D eigenvalue weighted by Gasteiger charge is -2.10. The van der Waals surface area contributed by atoms with E-state index in [1.54, 1.807) is 50.4 Å². The van der Waals surface area contributed by atoms with Crippen LogP contribution in [0.2, 0.25) is 0 Å². The van der Waals surface area contributed by atoms with Crippen LogP contribution in [0.4, 0.5) is 5.69 Å².